The number of nitrogens with zero attached hydrogens (tertiary/aromatic N) is 1. The number of nitrogens with one attached hydrogen (secondary N) is 1. The topological polar surface area (TPSA) is 291 Å². The number of halogens is 2. The van der Waals surface area contributed by atoms with Gasteiger partial charge in [0, 0.05) is 12.3 Å². The van der Waals surface area contributed by atoms with Crippen LogP contribution in [0.4, 0.5) is 4.39 Å². The molecule has 1 aromatic rings. The fourth-order valence-corrected chi connectivity index (χ4v) is 7.37. The largest absolute Gasteiger partial charge is 0.490 e. The summed E-state index contributed by atoms with van der Waals surface area (Å²) in [7, 11) is -23.7. The summed E-state index contributed by atoms with van der Waals surface area (Å²) >= 11 is 5.67. The quantitative estimate of drug-likeness (QED) is 0.119. The minimum absolute atomic E-state index is 0.508. The first-order valence-electron chi connectivity index (χ1n) is 8.41. The fourth-order valence-electron chi connectivity index (χ4n) is 2.57. The van der Waals surface area contributed by atoms with E-state index >= 15 is 0 Å². The molecular formula is C10H16ClFN2O17P4. The number of aliphatic hydroxyl groups is 1. The Labute approximate surface area is 197 Å². The summed E-state index contributed by atoms with van der Waals surface area (Å²) in [4.78, 5) is 69.7. The van der Waals surface area contributed by atoms with Gasteiger partial charge in [0.1, 0.15) is 11.7 Å². The summed E-state index contributed by atoms with van der Waals surface area (Å²) in [6.07, 6.45) is -5.82. The van der Waals surface area contributed by atoms with Gasteiger partial charge < -0.3 is 34.3 Å². The number of alkyl halides is 2. The van der Waals surface area contributed by atoms with Crippen LogP contribution in [0, 0.1) is 0 Å². The number of phosphoric acid groups is 4. The van der Waals surface area contributed by atoms with Gasteiger partial charge in [-0.2, -0.15) is 12.9 Å². The second-order valence-electron chi connectivity index (χ2n) is 6.53. The Morgan fingerprint density at radius 3 is 2.11 bits per heavy atom. The molecule has 0 saturated carbocycles. The third-order valence-electron chi connectivity index (χ3n) is 3.91. The highest BCUT2D eigenvalue weighted by atomic mass is 35.5. The lowest BCUT2D eigenvalue weighted by molar-refractivity contribution is -0.113. The van der Waals surface area contributed by atoms with Crippen molar-refractivity contribution in [1.82, 2.24) is 9.55 Å². The van der Waals surface area contributed by atoms with E-state index in [9.17, 15) is 47.1 Å². The highest BCUT2D eigenvalue weighted by molar-refractivity contribution is 7.69. The van der Waals surface area contributed by atoms with Gasteiger partial charge in [-0.25, -0.2) is 27.4 Å². The zero-order chi connectivity index (χ0) is 27.0. The number of aliphatic hydroxyl groups excluding tert-OH is 1. The van der Waals surface area contributed by atoms with Crippen LogP contribution in [0.5, 0.6) is 0 Å². The van der Waals surface area contributed by atoms with Gasteiger partial charge in [-0.15, -0.1) is 11.6 Å². The summed E-state index contributed by atoms with van der Waals surface area (Å²) in [6.45, 7) is -1.36. The standard InChI is InChI=1S/C10H16ClFN2O17P4/c11-3-10(7(16)6(12)8(28-10)14-2-1-5(15)13-9(14)17)4-27-33(21,22)30-35(25,26)31-34(23,24)29-32(18,19)20/h1-2,6-8,16H,3-4H2,(H,21,22)(H,23,24)(H,25,26)(H,13,15,17)(H2,18,19,20)/t6-,7+,8-,10-/m1/s1. The van der Waals surface area contributed by atoms with Crippen molar-refractivity contribution in [3.8, 4) is 0 Å². The van der Waals surface area contributed by atoms with E-state index in [1.807, 2.05) is 0 Å². The van der Waals surface area contributed by atoms with Gasteiger partial charge in [0.05, 0.1) is 12.5 Å². The SMILES string of the molecule is O=c1ccn([C@@H]2O[C@](CCl)(COP(=O)(O)OP(=O)(O)OP(=O)(O)OP(=O)(O)O)[C@@H](O)[C@H]2F)c(=O)[nH]1. The third-order valence-corrected chi connectivity index (χ3v) is 9.80. The summed E-state index contributed by atoms with van der Waals surface area (Å²) < 4.78 is 80.7. The van der Waals surface area contributed by atoms with Crippen LogP contribution in [-0.2, 0) is 40.5 Å². The first-order valence-corrected chi connectivity index (χ1v) is 15.0. The Morgan fingerprint density at radius 1 is 1.06 bits per heavy atom. The number of aromatic amines is 1. The monoisotopic (exact) mass is 614 g/mol. The molecule has 7 atom stereocenters. The van der Waals surface area contributed by atoms with Gasteiger partial charge >= 0.3 is 37.0 Å². The molecule has 0 aliphatic carbocycles. The van der Waals surface area contributed by atoms with E-state index in [1.54, 1.807) is 4.98 Å². The average molecular weight is 615 g/mol. The predicted octanol–water partition coefficient (Wildman–Crippen LogP) is -0.798. The highest BCUT2D eigenvalue weighted by Gasteiger charge is 2.57. The van der Waals surface area contributed by atoms with Crippen LogP contribution in [0.25, 0.3) is 0 Å². The molecule has 19 nitrogen and oxygen atoms in total. The predicted molar refractivity (Wildman–Crippen MR) is 107 cm³/mol. The molecule has 0 aromatic carbocycles. The summed E-state index contributed by atoms with van der Waals surface area (Å²) in [5.41, 5.74) is -4.41. The van der Waals surface area contributed by atoms with Gasteiger partial charge in [0.25, 0.3) is 5.56 Å². The second kappa shape index (κ2) is 10.6. The number of H-pyrrole nitrogens is 1. The summed E-state index contributed by atoms with van der Waals surface area (Å²) in [5.74, 6) is -0.877. The van der Waals surface area contributed by atoms with E-state index in [2.05, 4.69) is 17.5 Å². The molecule has 35 heavy (non-hydrogen) atoms. The second-order valence-corrected chi connectivity index (χ2v) is 12.8. The minimum atomic E-state index is -6.12. The number of rotatable bonds is 11. The van der Waals surface area contributed by atoms with Gasteiger partial charge in [-0.05, 0) is 0 Å². The van der Waals surface area contributed by atoms with Crippen LogP contribution in [0.3, 0.4) is 0 Å². The first kappa shape index (κ1) is 30.6. The Balaban J connectivity index is 2.17. The molecule has 202 valence electrons. The minimum Gasteiger partial charge on any atom is -0.387 e. The maximum atomic E-state index is 14.7. The van der Waals surface area contributed by atoms with E-state index in [4.69, 9.17) is 31.0 Å². The molecule has 1 fully saturated rings. The first-order chi connectivity index (χ1) is 15.7. The van der Waals surface area contributed by atoms with Crippen LogP contribution < -0.4 is 11.2 Å². The molecule has 3 unspecified atom stereocenters. The van der Waals surface area contributed by atoms with E-state index in [-0.39, 0.29) is 0 Å². The molecule has 25 heteroatoms. The zero-order valence-corrected chi connectivity index (χ0v) is 20.8. The van der Waals surface area contributed by atoms with Crippen molar-refractivity contribution in [3.63, 3.8) is 0 Å². The van der Waals surface area contributed by atoms with Crippen molar-refractivity contribution in [2.75, 3.05) is 12.5 Å². The summed E-state index contributed by atoms with van der Waals surface area (Å²) in [6, 6.07) is 0.811. The van der Waals surface area contributed by atoms with Crippen molar-refractivity contribution in [2.24, 2.45) is 0 Å². The molecular weight excluding hydrogens is 598 g/mol. The maximum Gasteiger partial charge on any atom is 0.490 e. The lowest BCUT2D eigenvalue weighted by Crippen LogP contribution is -2.47. The van der Waals surface area contributed by atoms with Crippen molar-refractivity contribution < 1.29 is 74.4 Å². The molecule has 2 rings (SSSR count). The smallest absolute Gasteiger partial charge is 0.387 e. The van der Waals surface area contributed by atoms with Crippen LogP contribution in [0.1, 0.15) is 6.23 Å². The number of aromatic nitrogens is 2. The van der Waals surface area contributed by atoms with E-state index < -0.39 is 79.1 Å². The Kier molecular flexibility index (Phi) is 9.29. The highest BCUT2D eigenvalue weighted by Crippen LogP contribution is 2.70. The van der Waals surface area contributed by atoms with E-state index in [0.717, 1.165) is 12.3 Å². The Morgan fingerprint density at radius 2 is 1.60 bits per heavy atom. The Hall–Kier alpha value is -0.620. The molecule has 7 N–H and O–H groups in total. The molecule has 0 amide bonds. The molecule has 0 spiro atoms. The van der Waals surface area contributed by atoms with E-state index in [1.165, 1.54) is 0 Å². The normalized spacial score (nSPS) is 30.3. The van der Waals surface area contributed by atoms with Gasteiger partial charge in [0.2, 0.25) is 0 Å². The van der Waals surface area contributed by atoms with Gasteiger partial charge in [0.15, 0.2) is 12.4 Å². The van der Waals surface area contributed by atoms with Crippen molar-refractivity contribution in [1.29, 1.82) is 0 Å². The number of phosphoric ester groups is 1. The number of ether oxygens (including phenoxy) is 1. The zero-order valence-electron chi connectivity index (χ0n) is 16.5. The van der Waals surface area contributed by atoms with Gasteiger partial charge in [-0.3, -0.25) is 18.9 Å². The molecule has 0 bridgehead atoms. The van der Waals surface area contributed by atoms with Crippen LogP contribution in [0.15, 0.2) is 21.9 Å². The maximum absolute atomic E-state index is 14.7. The number of hydrogen-bond donors (Lipinski definition) is 7. The average Bonchev–Trinajstić information content (AvgIpc) is 2.88. The van der Waals surface area contributed by atoms with Crippen LogP contribution >= 0.6 is 42.9 Å². The molecule has 1 aliphatic heterocycles. The Bertz CT molecular complexity index is 1250. The van der Waals surface area contributed by atoms with E-state index in [0.29, 0.717) is 4.57 Å². The van der Waals surface area contributed by atoms with Crippen molar-refractivity contribution in [3.05, 3.63) is 33.1 Å². The van der Waals surface area contributed by atoms with Crippen molar-refractivity contribution in [2.45, 2.75) is 24.1 Å². The summed E-state index contributed by atoms with van der Waals surface area (Å²) in [5, 5.41) is 10.2. The third kappa shape index (κ3) is 8.18. The molecule has 1 aromatic heterocycles. The molecule has 1 saturated heterocycles. The van der Waals surface area contributed by atoms with Crippen LogP contribution in [0.2, 0.25) is 0 Å². The number of hydrogen-bond acceptors (Lipinski definition) is 12. The lowest BCUT2D eigenvalue weighted by Gasteiger charge is -2.30. The van der Waals surface area contributed by atoms with Gasteiger partial charge in [-0.1, -0.05) is 0 Å². The van der Waals surface area contributed by atoms with Crippen LogP contribution in [-0.4, -0.2) is 69.5 Å². The fraction of sp³-hybridized carbons (Fsp3) is 0.600. The molecule has 1 aliphatic rings. The molecule has 0 radical (unpaired) electrons. The molecule has 2 heterocycles. The van der Waals surface area contributed by atoms with Crippen molar-refractivity contribution >= 4 is 42.9 Å². The lowest BCUT2D eigenvalue weighted by atomic mass is 9.99.